The van der Waals surface area contributed by atoms with Crippen LogP contribution in [0.4, 0.5) is 0 Å². The first kappa shape index (κ1) is 15.7. The molecule has 0 radical (unpaired) electrons. The molecule has 0 aliphatic rings. The summed E-state index contributed by atoms with van der Waals surface area (Å²) in [6, 6.07) is 5.74. The zero-order chi connectivity index (χ0) is 16.1. The van der Waals surface area contributed by atoms with Crippen LogP contribution >= 0.6 is 23.1 Å². The fraction of sp³-hybridized carbons (Fsp3) is 0.200. The summed E-state index contributed by atoms with van der Waals surface area (Å²) < 4.78 is 0. The van der Waals surface area contributed by atoms with Crippen LogP contribution in [0.1, 0.15) is 5.56 Å². The fourth-order valence-corrected chi connectivity index (χ4v) is 3.33. The molecule has 3 heterocycles. The number of carbonyl (C=O) groups excluding carboxylic acids is 1. The van der Waals surface area contributed by atoms with Crippen LogP contribution in [0.2, 0.25) is 0 Å². The van der Waals surface area contributed by atoms with Crippen molar-refractivity contribution in [3.8, 4) is 11.4 Å². The summed E-state index contributed by atoms with van der Waals surface area (Å²) in [6.07, 6.45) is 3.40. The molecule has 6 nitrogen and oxygen atoms in total. The summed E-state index contributed by atoms with van der Waals surface area (Å²) in [4.78, 5) is 22.2. The van der Waals surface area contributed by atoms with Gasteiger partial charge in [0.2, 0.25) is 11.1 Å². The van der Waals surface area contributed by atoms with Gasteiger partial charge in [0, 0.05) is 31.5 Å². The van der Waals surface area contributed by atoms with Gasteiger partial charge in [-0.2, -0.15) is 11.3 Å². The Labute approximate surface area is 142 Å². The molecule has 8 heteroatoms. The molecule has 3 rings (SSSR count). The lowest BCUT2D eigenvalue weighted by atomic mass is 10.3. The minimum absolute atomic E-state index is 0.0523. The molecule has 1 N–H and O–H groups in total. The highest BCUT2D eigenvalue weighted by Gasteiger charge is 2.12. The minimum Gasteiger partial charge on any atom is -0.341 e. The Hall–Kier alpha value is -2.19. The van der Waals surface area contributed by atoms with Crippen LogP contribution in [-0.4, -0.2) is 43.8 Å². The van der Waals surface area contributed by atoms with E-state index in [2.05, 4.69) is 20.2 Å². The zero-order valence-electron chi connectivity index (χ0n) is 12.5. The van der Waals surface area contributed by atoms with E-state index in [1.165, 1.54) is 11.8 Å². The van der Waals surface area contributed by atoms with Gasteiger partial charge in [-0.3, -0.25) is 14.9 Å². The van der Waals surface area contributed by atoms with E-state index in [0.717, 1.165) is 11.1 Å². The van der Waals surface area contributed by atoms with Crippen molar-refractivity contribution in [2.45, 2.75) is 11.7 Å². The Balaban J connectivity index is 1.54. The van der Waals surface area contributed by atoms with E-state index in [9.17, 15) is 4.79 Å². The third kappa shape index (κ3) is 4.17. The second-order valence-corrected chi connectivity index (χ2v) is 6.60. The highest BCUT2D eigenvalue weighted by molar-refractivity contribution is 7.99. The lowest BCUT2D eigenvalue weighted by Gasteiger charge is -2.15. The average Bonchev–Trinajstić information content (AvgIpc) is 3.25. The van der Waals surface area contributed by atoms with Gasteiger partial charge in [-0.25, -0.2) is 4.98 Å². The molecule has 0 aromatic carbocycles. The normalized spacial score (nSPS) is 10.7. The Bertz CT molecular complexity index is 757. The fourth-order valence-electron chi connectivity index (χ4n) is 1.93. The summed E-state index contributed by atoms with van der Waals surface area (Å²) in [5, 5.41) is 11.6. The smallest absolute Gasteiger partial charge is 0.233 e. The quantitative estimate of drug-likeness (QED) is 0.695. The molecule has 0 bridgehead atoms. The third-order valence-corrected chi connectivity index (χ3v) is 4.73. The predicted octanol–water partition coefficient (Wildman–Crippen LogP) is 2.68. The summed E-state index contributed by atoms with van der Waals surface area (Å²) in [5.74, 6) is 1.04. The van der Waals surface area contributed by atoms with Crippen molar-refractivity contribution >= 4 is 29.0 Å². The maximum Gasteiger partial charge on any atom is 0.233 e. The number of nitrogens with one attached hydrogen (secondary N) is 1. The number of nitrogens with zero attached hydrogens (tertiary/aromatic N) is 4. The number of thiophene rings is 1. The van der Waals surface area contributed by atoms with Crippen LogP contribution in [0.3, 0.4) is 0 Å². The van der Waals surface area contributed by atoms with E-state index >= 15 is 0 Å². The first-order chi connectivity index (χ1) is 11.2. The number of aromatic nitrogens is 4. The summed E-state index contributed by atoms with van der Waals surface area (Å²) >= 11 is 2.96. The number of carbonyl (C=O) groups is 1. The minimum atomic E-state index is 0.0523. The van der Waals surface area contributed by atoms with Crippen LogP contribution in [0.25, 0.3) is 11.4 Å². The highest BCUT2D eigenvalue weighted by atomic mass is 32.2. The summed E-state index contributed by atoms with van der Waals surface area (Å²) in [6.45, 7) is 0.624. The molecule has 0 saturated carbocycles. The number of pyridine rings is 1. The predicted molar refractivity (Wildman–Crippen MR) is 91.1 cm³/mol. The number of rotatable bonds is 6. The van der Waals surface area contributed by atoms with Gasteiger partial charge >= 0.3 is 0 Å². The molecule has 3 aromatic heterocycles. The molecule has 0 atom stereocenters. The van der Waals surface area contributed by atoms with Crippen LogP contribution < -0.4 is 0 Å². The Morgan fingerprint density at radius 2 is 2.17 bits per heavy atom. The van der Waals surface area contributed by atoms with Crippen LogP contribution in [0.5, 0.6) is 0 Å². The molecule has 1 amide bonds. The summed E-state index contributed by atoms with van der Waals surface area (Å²) in [7, 11) is 1.81. The molecule has 3 aromatic rings. The largest absolute Gasteiger partial charge is 0.341 e. The molecule has 0 fully saturated rings. The van der Waals surface area contributed by atoms with E-state index < -0.39 is 0 Å². The van der Waals surface area contributed by atoms with Gasteiger partial charge in [-0.05, 0) is 34.5 Å². The molecule has 0 spiro atoms. The molecule has 0 aliphatic carbocycles. The standard InChI is InChI=1S/C15H15N5OS2/c1-20(8-11-4-7-22-9-11)13(21)10-23-15-17-14(18-19-15)12-2-5-16-6-3-12/h2-7,9H,8,10H2,1H3,(H,17,18,19). The molecular formula is C15H15N5OS2. The Morgan fingerprint density at radius 1 is 1.35 bits per heavy atom. The van der Waals surface area contributed by atoms with Gasteiger partial charge in [0.05, 0.1) is 5.75 Å². The van der Waals surface area contributed by atoms with Crippen LogP contribution in [0, 0.1) is 0 Å². The van der Waals surface area contributed by atoms with Crippen molar-refractivity contribution in [1.29, 1.82) is 0 Å². The Kier molecular flexibility index (Phi) is 5.04. The van der Waals surface area contributed by atoms with Crippen molar-refractivity contribution in [2.75, 3.05) is 12.8 Å². The number of amides is 1. The van der Waals surface area contributed by atoms with Gasteiger partial charge in [0.15, 0.2) is 5.82 Å². The van der Waals surface area contributed by atoms with E-state index in [-0.39, 0.29) is 5.91 Å². The molecule has 0 unspecified atom stereocenters. The summed E-state index contributed by atoms with van der Waals surface area (Å²) in [5.41, 5.74) is 2.06. The maximum atomic E-state index is 12.2. The van der Waals surface area contributed by atoms with Crippen molar-refractivity contribution in [1.82, 2.24) is 25.1 Å². The van der Waals surface area contributed by atoms with Crippen molar-refractivity contribution in [3.63, 3.8) is 0 Å². The average molecular weight is 345 g/mol. The van der Waals surface area contributed by atoms with Crippen molar-refractivity contribution < 1.29 is 4.79 Å². The lowest BCUT2D eigenvalue weighted by molar-refractivity contribution is -0.127. The maximum absolute atomic E-state index is 12.2. The van der Waals surface area contributed by atoms with Gasteiger partial charge in [0.1, 0.15) is 0 Å². The van der Waals surface area contributed by atoms with E-state index in [0.29, 0.717) is 23.3 Å². The molecule has 118 valence electrons. The first-order valence-electron chi connectivity index (χ1n) is 6.93. The van der Waals surface area contributed by atoms with Crippen molar-refractivity contribution in [2.24, 2.45) is 0 Å². The highest BCUT2D eigenvalue weighted by Crippen LogP contribution is 2.19. The second-order valence-electron chi connectivity index (χ2n) is 4.87. The van der Waals surface area contributed by atoms with Gasteiger partial charge < -0.3 is 4.90 Å². The topological polar surface area (TPSA) is 74.8 Å². The van der Waals surface area contributed by atoms with Gasteiger partial charge in [0.25, 0.3) is 0 Å². The monoisotopic (exact) mass is 345 g/mol. The lowest BCUT2D eigenvalue weighted by Crippen LogP contribution is -2.27. The van der Waals surface area contributed by atoms with E-state index in [4.69, 9.17) is 0 Å². The molecule has 23 heavy (non-hydrogen) atoms. The number of aromatic amines is 1. The van der Waals surface area contributed by atoms with Gasteiger partial charge in [-0.15, -0.1) is 5.10 Å². The number of thioether (sulfide) groups is 1. The number of hydrogen-bond acceptors (Lipinski definition) is 6. The molecular weight excluding hydrogens is 330 g/mol. The SMILES string of the molecule is CN(Cc1ccsc1)C(=O)CSc1n[nH]c(-c2ccncc2)n1. The molecule has 0 aliphatic heterocycles. The van der Waals surface area contributed by atoms with E-state index in [1.54, 1.807) is 35.7 Å². The van der Waals surface area contributed by atoms with Gasteiger partial charge in [-0.1, -0.05) is 11.8 Å². The van der Waals surface area contributed by atoms with Crippen molar-refractivity contribution in [3.05, 3.63) is 46.9 Å². The number of H-pyrrole nitrogens is 1. The zero-order valence-corrected chi connectivity index (χ0v) is 14.1. The third-order valence-electron chi connectivity index (χ3n) is 3.17. The second kappa shape index (κ2) is 7.38. The van der Waals surface area contributed by atoms with Crippen LogP contribution in [-0.2, 0) is 11.3 Å². The number of hydrogen-bond donors (Lipinski definition) is 1. The van der Waals surface area contributed by atoms with Crippen LogP contribution in [0.15, 0.2) is 46.5 Å². The van der Waals surface area contributed by atoms with E-state index in [1.807, 2.05) is 29.0 Å². The Morgan fingerprint density at radius 3 is 2.91 bits per heavy atom. The first-order valence-corrected chi connectivity index (χ1v) is 8.86. The molecule has 0 saturated heterocycles.